The predicted molar refractivity (Wildman–Crippen MR) is 101 cm³/mol. The normalized spacial score (nSPS) is 30.9. The molecule has 2 atom stereocenters. The number of hydrogen-bond donors (Lipinski definition) is 1. The van der Waals surface area contributed by atoms with Crippen molar-refractivity contribution in [1.29, 1.82) is 0 Å². The Labute approximate surface area is 172 Å². The standard InChI is InChI=1S/C23H28F6O/c1-2-3-13-4-6-14(7-5-13)18-9-15-8-16-11-21(22(24,25)26,23(27,28)29)12-17(16)10-19(15)20(18)30/h8,10,13-14,18,20,30H,2-7,9,11-12H2,1H3. The number of fused-ring (bicyclic) bond motifs is 2. The fourth-order valence-electron chi connectivity index (χ4n) is 6.15. The number of aliphatic hydroxyl groups is 1. The number of alkyl halides is 6. The third-order valence-corrected chi connectivity index (χ3v) is 7.90. The lowest BCUT2D eigenvalue weighted by Crippen LogP contribution is -2.50. The van der Waals surface area contributed by atoms with Gasteiger partial charge in [0.25, 0.3) is 0 Å². The van der Waals surface area contributed by atoms with E-state index in [1.807, 2.05) is 0 Å². The van der Waals surface area contributed by atoms with Crippen LogP contribution in [0.25, 0.3) is 0 Å². The molecular formula is C23H28F6O. The fourth-order valence-corrected chi connectivity index (χ4v) is 6.15. The van der Waals surface area contributed by atoms with Crippen LogP contribution in [0.5, 0.6) is 0 Å². The smallest absolute Gasteiger partial charge is 0.388 e. The molecule has 0 aromatic heterocycles. The second-order valence-corrected chi connectivity index (χ2v) is 9.63. The zero-order valence-electron chi connectivity index (χ0n) is 17.0. The molecule has 1 aromatic rings. The summed E-state index contributed by atoms with van der Waals surface area (Å²) in [5.74, 6) is 1.11. The highest BCUT2D eigenvalue weighted by Crippen LogP contribution is 2.58. The summed E-state index contributed by atoms with van der Waals surface area (Å²) in [5, 5.41) is 10.9. The van der Waals surface area contributed by atoms with Crippen LogP contribution in [0.15, 0.2) is 12.1 Å². The largest absolute Gasteiger partial charge is 0.403 e. The lowest BCUT2D eigenvalue weighted by atomic mass is 9.73. The molecule has 1 aromatic carbocycles. The number of benzene rings is 1. The van der Waals surface area contributed by atoms with E-state index >= 15 is 0 Å². The Balaban J connectivity index is 1.54. The SMILES string of the molecule is CCCC1CCC(C2Cc3cc4c(cc3C2O)CC(C(F)(F)F)(C(F)(F)F)C4)CC1. The molecular weight excluding hydrogens is 406 g/mol. The second kappa shape index (κ2) is 7.42. The van der Waals surface area contributed by atoms with Crippen LogP contribution < -0.4 is 0 Å². The van der Waals surface area contributed by atoms with E-state index in [4.69, 9.17) is 0 Å². The molecule has 0 spiro atoms. The van der Waals surface area contributed by atoms with Crippen molar-refractivity contribution < 1.29 is 31.4 Å². The molecule has 0 heterocycles. The number of rotatable bonds is 3. The molecule has 1 N–H and O–H groups in total. The van der Waals surface area contributed by atoms with Crippen molar-refractivity contribution in [1.82, 2.24) is 0 Å². The van der Waals surface area contributed by atoms with Crippen LogP contribution in [0.4, 0.5) is 26.3 Å². The van der Waals surface area contributed by atoms with E-state index in [0.29, 0.717) is 17.9 Å². The molecule has 1 saturated carbocycles. The van der Waals surface area contributed by atoms with Crippen molar-refractivity contribution in [3.8, 4) is 0 Å². The summed E-state index contributed by atoms with van der Waals surface area (Å²) in [5.41, 5.74) is -2.26. The van der Waals surface area contributed by atoms with Crippen molar-refractivity contribution in [3.05, 3.63) is 34.4 Å². The molecule has 0 saturated heterocycles. The second-order valence-electron chi connectivity index (χ2n) is 9.63. The van der Waals surface area contributed by atoms with Crippen molar-refractivity contribution in [2.24, 2.45) is 23.2 Å². The van der Waals surface area contributed by atoms with Crippen LogP contribution in [0.2, 0.25) is 0 Å². The molecule has 3 aliphatic carbocycles. The number of aliphatic hydroxyl groups excluding tert-OH is 1. The molecule has 30 heavy (non-hydrogen) atoms. The first-order valence-electron chi connectivity index (χ1n) is 10.9. The van der Waals surface area contributed by atoms with Crippen molar-refractivity contribution in [2.75, 3.05) is 0 Å². The average molecular weight is 434 g/mol. The maximum absolute atomic E-state index is 13.5. The maximum Gasteiger partial charge on any atom is 0.403 e. The summed E-state index contributed by atoms with van der Waals surface area (Å²) in [6.07, 6.45) is -6.45. The summed E-state index contributed by atoms with van der Waals surface area (Å²) in [7, 11) is 0. The summed E-state index contributed by atoms with van der Waals surface area (Å²) >= 11 is 0. The molecule has 4 rings (SSSR count). The van der Waals surface area contributed by atoms with Gasteiger partial charge in [-0.15, -0.1) is 0 Å². The Morgan fingerprint density at radius 3 is 2.00 bits per heavy atom. The first-order valence-corrected chi connectivity index (χ1v) is 10.9. The molecule has 1 nitrogen and oxygen atoms in total. The lowest BCUT2D eigenvalue weighted by Gasteiger charge is -2.34. The van der Waals surface area contributed by atoms with E-state index in [-0.39, 0.29) is 17.0 Å². The Kier molecular flexibility index (Phi) is 5.43. The molecule has 168 valence electrons. The minimum atomic E-state index is -5.37. The number of halogens is 6. The average Bonchev–Trinajstić information content (AvgIpc) is 3.19. The van der Waals surface area contributed by atoms with Gasteiger partial charge in [0.05, 0.1) is 6.10 Å². The summed E-state index contributed by atoms with van der Waals surface area (Å²) in [6, 6.07) is 2.94. The minimum absolute atomic E-state index is 0.0140. The van der Waals surface area contributed by atoms with E-state index in [9.17, 15) is 31.4 Å². The van der Waals surface area contributed by atoms with Crippen LogP contribution >= 0.6 is 0 Å². The highest BCUT2D eigenvalue weighted by molar-refractivity contribution is 5.47. The van der Waals surface area contributed by atoms with Gasteiger partial charge in [-0.05, 0) is 72.1 Å². The van der Waals surface area contributed by atoms with Crippen LogP contribution in [0.1, 0.15) is 73.8 Å². The van der Waals surface area contributed by atoms with E-state index in [0.717, 1.165) is 43.6 Å². The summed E-state index contributed by atoms with van der Waals surface area (Å²) < 4.78 is 80.8. The molecule has 0 bridgehead atoms. The molecule has 3 aliphatic rings. The third kappa shape index (κ3) is 3.45. The molecule has 2 unspecified atom stereocenters. The maximum atomic E-state index is 13.5. The van der Waals surface area contributed by atoms with Crippen LogP contribution in [-0.4, -0.2) is 17.5 Å². The first kappa shape index (κ1) is 22.0. The zero-order valence-corrected chi connectivity index (χ0v) is 17.0. The van der Waals surface area contributed by atoms with Crippen LogP contribution in [-0.2, 0) is 19.3 Å². The van der Waals surface area contributed by atoms with E-state index in [1.54, 1.807) is 0 Å². The van der Waals surface area contributed by atoms with Crippen molar-refractivity contribution in [2.45, 2.75) is 83.2 Å². The minimum Gasteiger partial charge on any atom is -0.388 e. The van der Waals surface area contributed by atoms with Gasteiger partial charge in [0.2, 0.25) is 0 Å². The van der Waals surface area contributed by atoms with Gasteiger partial charge in [-0.2, -0.15) is 26.3 Å². The first-order chi connectivity index (χ1) is 14.0. The summed E-state index contributed by atoms with van der Waals surface area (Å²) in [6.45, 7) is 2.18. The number of hydrogen-bond acceptors (Lipinski definition) is 1. The molecule has 0 radical (unpaired) electrons. The van der Waals surface area contributed by atoms with Gasteiger partial charge in [-0.1, -0.05) is 44.7 Å². The lowest BCUT2D eigenvalue weighted by molar-refractivity contribution is -0.337. The van der Waals surface area contributed by atoms with Crippen molar-refractivity contribution in [3.63, 3.8) is 0 Å². The van der Waals surface area contributed by atoms with Gasteiger partial charge >= 0.3 is 12.4 Å². The predicted octanol–water partition coefficient (Wildman–Crippen LogP) is 6.71. The Hall–Kier alpha value is -1.24. The van der Waals surface area contributed by atoms with Gasteiger partial charge in [0, 0.05) is 0 Å². The van der Waals surface area contributed by atoms with E-state index < -0.39 is 36.7 Å². The topological polar surface area (TPSA) is 20.2 Å². The van der Waals surface area contributed by atoms with Gasteiger partial charge in [0.15, 0.2) is 5.41 Å². The molecule has 7 heteroatoms. The van der Waals surface area contributed by atoms with Crippen molar-refractivity contribution >= 4 is 0 Å². The van der Waals surface area contributed by atoms with Gasteiger partial charge in [-0.25, -0.2) is 0 Å². The quantitative estimate of drug-likeness (QED) is 0.525. The van der Waals surface area contributed by atoms with Gasteiger partial charge in [0.1, 0.15) is 0 Å². The molecule has 1 fully saturated rings. The monoisotopic (exact) mass is 434 g/mol. The van der Waals surface area contributed by atoms with Gasteiger partial charge < -0.3 is 5.11 Å². The van der Waals surface area contributed by atoms with E-state index in [2.05, 4.69) is 6.92 Å². The Bertz CT molecular complexity index is 774. The van der Waals surface area contributed by atoms with Crippen LogP contribution in [0, 0.1) is 23.2 Å². The van der Waals surface area contributed by atoms with Crippen LogP contribution in [0.3, 0.4) is 0 Å². The molecule has 0 amide bonds. The fraction of sp³-hybridized carbons (Fsp3) is 0.739. The Morgan fingerprint density at radius 1 is 0.900 bits per heavy atom. The molecule has 0 aliphatic heterocycles. The third-order valence-electron chi connectivity index (χ3n) is 7.90. The van der Waals surface area contributed by atoms with E-state index in [1.165, 1.54) is 18.6 Å². The summed E-state index contributed by atoms with van der Waals surface area (Å²) in [4.78, 5) is 0. The highest BCUT2D eigenvalue weighted by atomic mass is 19.4. The Morgan fingerprint density at radius 2 is 1.47 bits per heavy atom. The van der Waals surface area contributed by atoms with Gasteiger partial charge in [-0.3, -0.25) is 0 Å². The zero-order chi connectivity index (χ0) is 21.9. The highest BCUT2D eigenvalue weighted by Gasteiger charge is 2.72.